The number of rotatable bonds is 4. The Bertz CT molecular complexity index is 526. The van der Waals surface area contributed by atoms with Crippen molar-refractivity contribution in [1.29, 1.82) is 0 Å². The smallest absolute Gasteiger partial charge is 0.270 e. The van der Waals surface area contributed by atoms with Gasteiger partial charge in [0, 0.05) is 12.7 Å². The molecule has 0 bridgehead atoms. The van der Waals surface area contributed by atoms with Crippen LogP contribution in [0.5, 0.6) is 0 Å². The fourth-order valence-corrected chi connectivity index (χ4v) is 1.64. The van der Waals surface area contributed by atoms with Crippen LogP contribution in [-0.2, 0) is 6.42 Å². The van der Waals surface area contributed by atoms with Crippen molar-refractivity contribution in [2.75, 3.05) is 6.54 Å². The molecule has 2 rings (SSSR count). The molecule has 1 N–H and O–H groups in total. The Morgan fingerprint density at radius 1 is 1.22 bits per heavy atom. The summed E-state index contributed by atoms with van der Waals surface area (Å²) < 4.78 is 0. The Hall–Kier alpha value is -2.23. The first-order chi connectivity index (χ1) is 8.75. The van der Waals surface area contributed by atoms with Gasteiger partial charge in [-0.05, 0) is 25.0 Å². The van der Waals surface area contributed by atoms with Crippen molar-refractivity contribution in [3.63, 3.8) is 0 Å². The molecular formula is C14H15N3O. The van der Waals surface area contributed by atoms with Crippen LogP contribution < -0.4 is 5.32 Å². The minimum Gasteiger partial charge on any atom is -0.350 e. The van der Waals surface area contributed by atoms with Gasteiger partial charge in [-0.15, -0.1) is 0 Å². The summed E-state index contributed by atoms with van der Waals surface area (Å²) in [6, 6.07) is 11.7. The van der Waals surface area contributed by atoms with Crippen LogP contribution in [0.1, 0.15) is 21.9 Å². The van der Waals surface area contributed by atoms with Crippen LogP contribution >= 0.6 is 0 Å². The van der Waals surface area contributed by atoms with Crippen molar-refractivity contribution >= 4 is 5.91 Å². The molecule has 92 valence electrons. The standard InChI is InChI=1S/C14H15N3O/c1-11-15-10-8-13(17-11)14(18)16-9-7-12-5-3-2-4-6-12/h2-6,8,10H,7,9H2,1H3,(H,16,18). The van der Waals surface area contributed by atoms with Crippen molar-refractivity contribution in [2.45, 2.75) is 13.3 Å². The Labute approximate surface area is 106 Å². The molecule has 4 heteroatoms. The van der Waals surface area contributed by atoms with E-state index in [1.54, 1.807) is 19.2 Å². The number of hydrogen-bond acceptors (Lipinski definition) is 3. The van der Waals surface area contributed by atoms with Crippen LogP contribution in [0.2, 0.25) is 0 Å². The second-order valence-electron chi connectivity index (χ2n) is 3.98. The highest BCUT2D eigenvalue weighted by Crippen LogP contribution is 1.99. The molecule has 0 unspecified atom stereocenters. The molecule has 0 fully saturated rings. The number of hydrogen-bond donors (Lipinski definition) is 1. The first-order valence-electron chi connectivity index (χ1n) is 5.87. The summed E-state index contributed by atoms with van der Waals surface area (Å²) in [5, 5.41) is 2.85. The van der Waals surface area contributed by atoms with E-state index in [0.29, 0.717) is 18.1 Å². The van der Waals surface area contributed by atoms with Gasteiger partial charge in [-0.3, -0.25) is 4.79 Å². The van der Waals surface area contributed by atoms with Crippen molar-refractivity contribution < 1.29 is 4.79 Å². The van der Waals surface area contributed by atoms with Gasteiger partial charge in [0.25, 0.3) is 5.91 Å². The average Bonchev–Trinajstić information content (AvgIpc) is 2.40. The van der Waals surface area contributed by atoms with Crippen molar-refractivity contribution in [3.8, 4) is 0 Å². The van der Waals surface area contributed by atoms with E-state index in [1.165, 1.54) is 5.56 Å². The number of carbonyl (C=O) groups is 1. The molecule has 2 aromatic rings. The van der Waals surface area contributed by atoms with Gasteiger partial charge < -0.3 is 5.32 Å². The maximum atomic E-state index is 11.8. The van der Waals surface area contributed by atoms with Gasteiger partial charge in [-0.25, -0.2) is 9.97 Å². The third-order valence-electron chi connectivity index (χ3n) is 2.55. The molecule has 0 aliphatic heterocycles. The molecule has 1 aromatic heterocycles. The van der Waals surface area contributed by atoms with Gasteiger partial charge in [0.1, 0.15) is 11.5 Å². The fraction of sp³-hybridized carbons (Fsp3) is 0.214. The van der Waals surface area contributed by atoms with E-state index in [1.807, 2.05) is 30.3 Å². The number of nitrogens with one attached hydrogen (secondary N) is 1. The Balaban J connectivity index is 1.86. The largest absolute Gasteiger partial charge is 0.350 e. The molecule has 1 heterocycles. The lowest BCUT2D eigenvalue weighted by Gasteiger charge is -2.05. The van der Waals surface area contributed by atoms with E-state index < -0.39 is 0 Å². The number of aryl methyl sites for hydroxylation is 1. The van der Waals surface area contributed by atoms with Crippen LogP contribution in [0.15, 0.2) is 42.6 Å². The Morgan fingerprint density at radius 3 is 2.72 bits per heavy atom. The maximum absolute atomic E-state index is 11.8. The average molecular weight is 241 g/mol. The molecule has 0 atom stereocenters. The molecule has 18 heavy (non-hydrogen) atoms. The summed E-state index contributed by atoms with van der Waals surface area (Å²) in [4.78, 5) is 19.8. The number of nitrogens with zero attached hydrogens (tertiary/aromatic N) is 2. The topological polar surface area (TPSA) is 54.9 Å². The van der Waals surface area contributed by atoms with E-state index in [-0.39, 0.29) is 5.91 Å². The molecule has 0 spiro atoms. The minimum absolute atomic E-state index is 0.156. The Morgan fingerprint density at radius 2 is 2.00 bits per heavy atom. The van der Waals surface area contributed by atoms with E-state index in [9.17, 15) is 4.79 Å². The third kappa shape index (κ3) is 3.38. The second kappa shape index (κ2) is 5.91. The number of aromatic nitrogens is 2. The number of amides is 1. The third-order valence-corrected chi connectivity index (χ3v) is 2.55. The number of benzene rings is 1. The zero-order valence-corrected chi connectivity index (χ0v) is 10.3. The lowest BCUT2D eigenvalue weighted by Crippen LogP contribution is -2.26. The quantitative estimate of drug-likeness (QED) is 0.887. The number of carbonyl (C=O) groups excluding carboxylic acids is 1. The summed E-state index contributed by atoms with van der Waals surface area (Å²) in [5.41, 5.74) is 1.62. The molecule has 0 radical (unpaired) electrons. The normalized spacial score (nSPS) is 10.1. The predicted molar refractivity (Wildman–Crippen MR) is 69.2 cm³/mol. The Kier molecular flexibility index (Phi) is 4.02. The first kappa shape index (κ1) is 12.2. The molecule has 0 saturated heterocycles. The van der Waals surface area contributed by atoms with Crippen LogP contribution in [0.25, 0.3) is 0 Å². The molecule has 0 aliphatic carbocycles. The summed E-state index contributed by atoms with van der Waals surface area (Å²) >= 11 is 0. The SMILES string of the molecule is Cc1nccc(C(=O)NCCc2ccccc2)n1. The molecular weight excluding hydrogens is 226 g/mol. The van der Waals surface area contributed by atoms with Crippen LogP contribution in [0.3, 0.4) is 0 Å². The zero-order valence-electron chi connectivity index (χ0n) is 10.3. The van der Waals surface area contributed by atoms with E-state index in [4.69, 9.17) is 0 Å². The van der Waals surface area contributed by atoms with Gasteiger partial charge in [0.15, 0.2) is 0 Å². The fourth-order valence-electron chi connectivity index (χ4n) is 1.64. The summed E-state index contributed by atoms with van der Waals surface area (Å²) in [6.45, 7) is 2.37. The molecule has 4 nitrogen and oxygen atoms in total. The van der Waals surface area contributed by atoms with Crippen molar-refractivity contribution in [2.24, 2.45) is 0 Å². The van der Waals surface area contributed by atoms with E-state index in [2.05, 4.69) is 15.3 Å². The van der Waals surface area contributed by atoms with Gasteiger partial charge in [-0.2, -0.15) is 0 Å². The summed E-state index contributed by atoms with van der Waals surface area (Å²) in [6.07, 6.45) is 2.41. The predicted octanol–water partition coefficient (Wildman–Crippen LogP) is 1.76. The van der Waals surface area contributed by atoms with E-state index in [0.717, 1.165) is 6.42 Å². The van der Waals surface area contributed by atoms with Gasteiger partial charge in [0.05, 0.1) is 0 Å². The summed E-state index contributed by atoms with van der Waals surface area (Å²) in [7, 11) is 0. The van der Waals surface area contributed by atoms with Crippen LogP contribution in [0, 0.1) is 6.92 Å². The van der Waals surface area contributed by atoms with Crippen molar-refractivity contribution in [1.82, 2.24) is 15.3 Å². The second-order valence-corrected chi connectivity index (χ2v) is 3.98. The van der Waals surface area contributed by atoms with Gasteiger partial charge >= 0.3 is 0 Å². The van der Waals surface area contributed by atoms with Crippen LogP contribution in [0.4, 0.5) is 0 Å². The highest BCUT2D eigenvalue weighted by molar-refractivity contribution is 5.92. The molecule has 0 saturated carbocycles. The summed E-state index contributed by atoms with van der Waals surface area (Å²) in [5.74, 6) is 0.446. The lowest BCUT2D eigenvalue weighted by atomic mass is 10.1. The lowest BCUT2D eigenvalue weighted by molar-refractivity contribution is 0.0948. The first-order valence-corrected chi connectivity index (χ1v) is 5.87. The monoisotopic (exact) mass is 241 g/mol. The molecule has 0 aliphatic rings. The maximum Gasteiger partial charge on any atom is 0.270 e. The van der Waals surface area contributed by atoms with Crippen molar-refractivity contribution in [3.05, 3.63) is 59.7 Å². The van der Waals surface area contributed by atoms with Gasteiger partial charge in [0.2, 0.25) is 0 Å². The van der Waals surface area contributed by atoms with Gasteiger partial charge in [-0.1, -0.05) is 30.3 Å². The molecule has 1 aromatic carbocycles. The molecule has 1 amide bonds. The highest BCUT2D eigenvalue weighted by atomic mass is 16.1. The van der Waals surface area contributed by atoms with E-state index >= 15 is 0 Å². The minimum atomic E-state index is -0.156. The zero-order chi connectivity index (χ0) is 12.8. The van der Waals surface area contributed by atoms with Crippen LogP contribution in [-0.4, -0.2) is 22.4 Å². The highest BCUT2D eigenvalue weighted by Gasteiger charge is 2.06.